The summed E-state index contributed by atoms with van der Waals surface area (Å²) in [6, 6.07) is 14.0. The summed E-state index contributed by atoms with van der Waals surface area (Å²) in [5, 5.41) is 5.70. The zero-order valence-corrected chi connectivity index (χ0v) is 18.7. The molecule has 0 bridgehead atoms. The zero-order chi connectivity index (χ0) is 21.6. The number of hydrogen-bond acceptors (Lipinski definition) is 4. The topological polar surface area (TPSA) is 62.6 Å². The SMILES string of the molecule is O=C(NC1CCCC1)[C@H](c1ccc(Cl)cc1)N(Cc1ccco1)C(=O)Cc1cccs1. The molecular weight excluding hydrogens is 432 g/mol. The summed E-state index contributed by atoms with van der Waals surface area (Å²) in [4.78, 5) is 29.5. The number of nitrogens with one attached hydrogen (secondary N) is 1. The smallest absolute Gasteiger partial charge is 0.247 e. The van der Waals surface area contributed by atoms with Crippen molar-refractivity contribution in [3.05, 3.63) is 81.4 Å². The third kappa shape index (κ3) is 5.57. The summed E-state index contributed by atoms with van der Waals surface area (Å²) in [5.41, 5.74) is 0.728. The van der Waals surface area contributed by atoms with Gasteiger partial charge in [-0.2, -0.15) is 0 Å². The van der Waals surface area contributed by atoms with Gasteiger partial charge in [0.15, 0.2) is 0 Å². The Kier molecular flexibility index (Phi) is 7.10. The van der Waals surface area contributed by atoms with Gasteiger partial charge < -0.3 is 14.6 Å². The largest absolute Gasteiger partial charge is 0.467 e. The molecule has 3 aromatic rings. The third-order valence-corrected chi connectivity index (χ3v) is 6.71. The van der Waals surface area contributed by atoms with Gasteiger partial charge in [-0.1, -0.05) is 42.6 Å². The van der Waals surface area contributed by atoms with Crippen LogP contribution in [0, 0.1) is 0 Å². The van der Waals surface area contributed by atoms with E-state index in [0.29, 0.717) is 10.8 Å². The molecule has 162 valence electrons. The van der Waals surface area contributed by atoms with Crippen molar-refractivity contribution in [3.8, 4) is 0 Å². The number of hydrogen-bond donors (Lipinski definition) is 1. The molecule has 0 aliphatic heterocycles. The molecule has 2 amide bonds. The van der Waals surface area contributed by atoms with Crippen LogP contribution in [-0.4, -0.2) is 22.8 Å². The minimum atomic E-state index is -0.768. The van der Waals surface area contributed by atoms with E-state index in [4.69, 9.17) is 16.0 Å². The van der Waals surface area contributed by atoms with E-state index in [1.54, 1.807) is 29.4 Å². The summed E-state index contributed by atoms with van der Waals surface area (Å²) in [6.45, 7) is 0.211. The standard InChI is InChI=1S/C24H25ClN2O3S/c25-18-11-9-17(10-12-18)23(24(29)26-19-5-1-2-6-19)27(16-20-7-3-13-30-20)22(28)15-21-8-4-14-31-21/h3-4,7-14,19,23H,1-2,5-6,15-16H2,(H,26,29)/t23-/m0/s1. The van der Waals surface area contributed by atoms with E-state index in [0.717, 1.165) is 36.1 Å². The highest BCUT2D eigenvalue weighted by atomic mass is 35.5. The summed E-state index contributed by atoms with van der Waals surface area (Å²) in [6.07, 6.45) is 5.99. The second-order valence-corrected chi connectivity index (χ2v) is 9.27. The van der Waals surface area contributed by atoms with E-state index >= 15 is 0 Å². The summed E-state index contributed by atoms with van der Waals surface area (Å²) in [5.74, 6) is 0.341. The molecule has 0 radical (unpaired) electrons. The van der Waals surface area contributed by atoms with Gasteiger partial charge in [0.25, 0.3) is 0 Å². The zero-order valence-electron chi connectivity index (χ0n) is 17.1. The van der Waals surface area contributed by atoms with Gasteiger partial charge in [0.05, 0.1) is 19.2 Å². The number of nitrogens with zero attached hydrogens (tertiary/aromatic N) is 1. The Morgan fingerprint density at radius 2 is 1.90 bits per heavy atom. The lowest BCUT2D eigenvalue weighted by Crippen LogP contribution is -2.46. The van der Waals surface area contributed by atoms with E-state index in [1.165, 1.54) is 11.3 Å². The first-order chi connectivity index (χ1) is 15.1. The van der Waals surface area contributed by atoms with E-state index in [1.807, 2.05) is 35.7 Å². The fraction of sp³-hybridized carbons (Fsp3) is 0.333. The number of thiophene rings is 1. The number of carbonyl (C=O) groups is 2. The summed E-state index contributed by atoms with van der Waals surface area (Å²) in [7, 11) is 0. The normalized spacial score (nSPS) is 15.0. The molecule has 0 saturated heterocycles. The number of furan rings is 1. The van der Waals surface area contributed by atoms with Crippen LogP contribution < -0.4 is 5.32 Å². The van der Waals surface area contributed by atoms with Gasteiger partial charge in [-0.15, -0.1) is 11.3 Å². The Hall–Kier alpha value is -2.57. The maximum atomic E-state index is 13.5. The Bertz CT molecular complexity index is 981. The maximum Gasteiger partial charge on any atom is 0.247 e. The molecule has 1 atom stereocenters. The molecular formula is C24H25ClN2O3S. The van der Waals surface area contributed by atoms with Gasteiger partial charge in [0.2, 0.25) is 11.8 Å². The predicted molar refractivity (Wildman–Crippen MR) is 122 cm³/mol. The average molecular weight is 457 g/mol. The van der Waals surface area contributed by atoms with Gasteiger partial charge in [0, 0.05) is 15.9 Å². The predicted octanol–water partition coefficient (Wildman–Crippen LogP) is 5.37. The highest BCUT2D eigenvalue weighted by molar-refractivity contribution is 7.10. The van der Waals surface area contributed by atoms with Crippen LogP contribution in [-0.2, 0) is 22.6 Å². The Labute approximate surface area is 191 Å². The highest BCUT2D eigenvalue weighted by Crippen LogP contribution is 2.28. The monoisotopic (exact) mass is 456 g/mol. The molecule has 0 unspecified atom stereocenters. The molecule has 1 N–H and O–H groups in total. The van der Waals surface area contributed by atoms with Crippen molar-refractivity contribution in [2.24, 2.45) is 0 Å². The first-order valence-corrected chi connectivity index (χ1v) is 11.8. The fourth-order valence-electron chi connectivity index (χ4n) is 4.03. The van der Waals surface area contributed by atoms with E-state index in [2.05, 4.69) is 5.32 Å². The molecule has 1 saturated carbocycles. The summed E-state index contributed by atoms with van der Waals surface area (Å²) < 4.78 is 5.52. The number of halogens is 1. The second kappa shape index (κ2) is 10.2. The maximum absolute atomic E-state index is 13.5. The molecule has 4 rings (SSSR count). The second-order valence-electron chi connectivity index (χ2n) is 7.80. The number of benzene rings is 1. The van der Waals surface area contributed by atoms with Crippen molar-refractivity contribution in [1.29, 1.82) is 0 Å². The van der Waals surface area contributed by atoms with Gasteiger partial charge >= 0.3 is 0 Å². The molecule has 0 spiro atoms. The Balaban J connectivity index is 1.67. The lowest BCUT2D eigenvalue weighted by atomic mass is 10.0. The highest BCUT2D eigenvalue weighted by Gasteiger charge is 2.33. The lowest BCUT2D eigenvalue weighted by Gasteiger charge is -2.31. The molecule has 1 aliphatic rings. The van der Waals surface area contributed by atoms with Gasteiger partial charge in [-0.05, 0) is 54.1 Å². The molecule has 2 aromatic heterocycles. The molecule has 31 heavy (non-hydrogen) atoms. The van der Waals surface area contributed by atoms with E-state index in [-0.39, 0.29) is 30.8 Å². The van der Waals surface area contributed by atoms with Crippen molar-refractivity contribution in [3.63, 3.8) is 0 Å². The van der Waals surface area contributed by atoms with Crippen LogP contribution in [0.5, 0.6) is 0 Å². The number of rotatable bonds is 8. The molecule has 5 nitrogen and oxygen atoms in total. The minimum absolute atomic E-state index is 0.125. The van der Waals surface area contributed by atoms with Crippen LogP contribution in [0.3, 0.4) is 0 Å². The van der Waals surface area contributed by atoms with Gasteiger partial charge in [-0.3, -0.25) is 9.59 Å². The molecule has 1 aromatic carbocycles. The Morgan fingerprint density at radius 3 is 2.55 bits per heavy atom. The fourth-order valence-corrected chi connectivity index (χ4v) is 4.85. The van der Waals surface area contributed by atoms with Gasteiger partial charge in [0.1, 0.15) is 11.8 Å². The molecule has 1 aliphatic carbocycles. The van der Waals surface area contributed by atoms with E-state index < -0.39 is 6.04 Å². The molecule has 2 heterocycles. The van der Waals surface area contributed by atoms with Crippen molar-refractivity contribution in [1.82, 2.24) is 10.2 Å². The van der Waals surface area contributed by atoms with Crippen molar-refractivity contribution < 1.29 is 14.0 Å². The number of amides is 2. The third-order valence-electron chi connectivity index (χ3n) is 5.58. The van der Waals surface area contributed by atoms with Crippen LogP contribution in [0.1, 0.15) is 47.9 Å². The number of carbonyl (C=O) groups excluding carboxylic acids is 2. The van der Waals surface area contributed by atoms with E-state index in [9.17, 15) is 9.59 Å². The first-order valence-electron chi connectivity index (χ1n) is 10.5. The molecule has 7 heteroatoms. The minimum Gasteiger partial charge on any atom is -0.467 e. The quantitative estimate of drug-likeness (QED) is 0.496. The van der Waals surface area contributed by atoms with Crippen LogP contribution in [0.2, 0.25) is 5.02 Å². The first kappa shape index (κ1) is 21.7. The van der Waals surface area contributed by atoms with Crippen molar-refractivity contribution >= 4 is 34.8 Å². The lowest BCUT2D eigenvalue weighted by molar-refractivity contribution is -0.141. The van der Waals surface area contributed by atoms with Crippen LogP contribution in [0.25, 0.3) is 0 Å². The molecule has 1 fully saturated rings. The van der Waals surface area contributed by atoms with Crippen molar-refractivity contribution in [2.45, 2.75) is 50.7 Å². The van der Waals surface area contributed by atoms with Crippen LogP contribution in [0.4, 0.5) is 0 Å². The van der Waals surface area contributed by atoms with Crippen molar-refractivity contribution in [2.75, 3.05) is 0 Å². The van der Waals surface area contributed by atoms with Gasteiger partial charge in [-0.25, -0.2) is 0 Å². The van der Waals surface area contributed by atoms with Crippen LogP contribution in [0.15, 0.2) is 64.6 Å². The average Bonchev–Trinajstić information content (AvgIpc) is 3.53. The summed E-state index contributed by atoms with van der Waals surface area (Å²) >= 11 is 7.62. The van der Waals surface area contributed by atoms with Crippen LogP contribution >= 0.6 is 22.9 Å². The Morgan fingerprint density at radius 1 is 1.13 bits per heavy atom.